The summed E-state index contributed by atoms with van der Waals surface area (Å²) in [6, 6.07) is 13.4. The predicted molar refractivity (Wildman–Crippen MR) is 105 cm³/mol. The van der Waals surface area contributed by atoms with E-state index in [0.29, 0.717) is 5.69 Å². The van der Waals surface area contributed by atoms with Crippen LogP contribution >= 0.6 is 0 Å². The smallest absolute Gasteiger partial charge is 0.248 e. The fourth-order valence-electron chi connectivity index (χ4n) is 3.71. The van der Waals surface area contributed by atoms with E-state index in [1.807, 2.05) is 63.2 Å². The van der Waals surface area contributed by atoms with Crippen molar-refractivity contribution in [2.75, 3.05) is 22.0 Å². The average molecular weight is 372 g/mol. The van der Waals surface area contributed by atoms with Crippen LogP contribution in [0.4, 0.5) is 11.4 Å². The summed E-state index contributed by atoms with van der Waals surface area (Å²) in [7, 11) is -3.60. The summed E-state index contributed by atoms with van der Waals surface area (Å²) in [5.41, 5.74) is 4.24. The number of amides is 1. The maximum Gasteiger partial charge on any atom is 0.248 e. The maximum atomic E-state index is 13.1. The highest BCUT2D eigenvalue weighted by molar-refractivity contribution is 7.92. The number of fused-ring (bicyclic) bond motifs is 1. The standard InChI is InChI=1S/C20H24N2O3S/c1-14-8-7-9-15(2)20(14)21(26(4,24)25)13-19(23)22-16(3)12-17-10-5-6-11-18(17)22/h5-11,16H,12-13H2,1-4H3. The van der Waals surface area contributed by atoms with Crippen molar-refractivity contribution in [1.82, 2.24) is 0 Å². The molecule has 0 saturated carbocycles. The summed E-state index contributed by atoms with van der Waals surface area (Å²) in [6.07, 6.45) is 1.93. The minimum atomic E-state index is -3.60. The molecule has 0 N–H and O–H groups in total. The molecule has 1 unspecified atom stereocenters. The molecule has 2 aromatic carbocycles. The SMILES string of the molecule is Cc1cccc(C)c1N(CC(=O)N1c2ccccc2CC1C)S(C)(=O)=O. The van der Waals surface area contributed by atoms with Crippen molar-refractivity contribution >= 4 is 27.3 Å². The highest BCUT2D eigenvalue weighted by atomic mass is 32.2. The van der Waals surface area contributed by atoms with Crippen LogP contribution in [0, 0.1) is 13.8 Å². The van der Waals surface area contributed by atoms with Crippen molar-refractivity contribution < 1.29 is 13.2 Å². The summed E-state index contributed by atoms with van der Waals surface area (Å²) in [5, 5.41) is 0. The Balaban J connectivity index is 1.98. The molecule has 1 amide bonds. The van der Waals surface area contributed by atoms with Gasteiger partial charge >= 0.3 is 0 Å². The van der Waals surface area contributed by atoms with E-state index < -0.39 is 10.0 Å². The molecule has 1 aliphatic heterocycles. The fourth-order valence-corrected chi connectivity index (χ4v) is 4.67. The van der Waals surface area contributed by atoms with E-state index in [-0.39, 0.29) is 18.5 Å². The second kappa shape index (κ2) is 6.76. The van der Waals surface area contributed by atoms with Crippen molar-refractivity contribution in [3.05, 3.63) is 59.2 Å². The van der Waals surface area contributed by atoms with Gasteiger partial charge in [-0.15, -0.1) is 0 Å². The fraction of sp³-hybridized carbons (Fsp3) is 0.350. The predicted octanol–water partition coefficient (Wildman–Crippen LogP) is 3.05. The van der Waals surface area contributed by atoms with Crippen LogP contribution in [-0.2, 0) is 21.2 Å². The van der Waals surface area contributed by atoms with Crippen LogP contribution < -0.4 is 9.21 Å². The molecule has 6 heteroatoms. The molecule has 1 aliphatic rings. The number of sulfonamides is 1. The van der Waals surface area contributed by atoms with Crippen molar-refractivity contribution in [3.8, 4) is 0 Å². The van der Waals surface area contributed by atoms with Gasteiger partial charge in [-0.2, -0.15) is 0 Å². The topological polar surface area (TPSA) is 57.7 Å². The lowest BCUT2D eigenvalue weighted by molar-refractivity contribution is -0.117. The maximum absolute atomic E-state index is 13.1. The molecule has 26 heavy (non-hydrogen) atoms. The van der Waals surface area contributed by atoms with Gasteiger partial charge in [0.05, 0.1) is 11.9 Å². The van der Waals surface area contributed by atoms with Crippen molar-refractivity contribution in [2.45, 2.75) is 33.2 Å². The van der Waals surface area contributed by atoms with Crippen molar-refractivity contribution in [2.24, 2.45) is 0 Å². The lowest BCUT2D eigenvalue weighted by Crippen LogP contribution is -2.45. The number of carbonyl (C=O) groups is 1. The van der Waals surface area contributed by atoms with Gasteiger partial charge in [-0.1, -0.05) is 36.4 Å². The number of hydrogen-bond donors (Lipinski definition) is 0. The summed E-state index contributed by atoms with van der Waals surface area (Å²) >= 11 is 0. The largest absolute Gasteiger partial charge is 0.307 e. The molecule has 0 radical (unpaired) electrons. The van der Waals surface area contributed by atoms with Gasteiger partial charge in [0.25, 0.3) is 0 Å². The van der Waals surface area contributed by atoms with Gasteiger partial charge in [-0.25, -0.2) is 8.42 Å². The molecule has 5 nitrogen and oxygen atoms in total. The first-order chi connectivity index (χ1) is 12.2. The van der Waals surface area contributed by atoms with Crippen LogP contribution in [0.1, 0.15) is 23.6 Å². The van der Waals surface area contributed by atoms with Gasteiger partial charge < -0.3 is 4.90 Å². The van der Waals surface area contributed by atoms with Gasteiger partial charge in [0.2, 0.25) is 15.9 Å². The van der Waals surface area contributed by atoms with Crippen LogP contribution in [0.5, 0.6) is 0 Å². The van der Waals surface area contributed by atoms with Crippen LogP contribution in [-0.4, -0.2) is 33.2 Å². The van der Waals surface area contributed by atoms with Crippen molar-refractivity contribution in [1.29, 1.82) is 0 Å². The van der Waals surface area contributed by atoms with Crippen LogP contribution in [0.2, 0.25) is 0 Å². The second-order valence-electron chi connectivity index (χ2n) is 6.96. The first-order valence-corrected chi connectivity index (χ1v) is 10.5. The Hall–Kier alpha value is -2.34. The normalized spacial score (nSPS) is 16.5. The minimum absolute atomic E-state index is 0.0132. The summed E-state index contributed by atoms with van der Waals surface area (Å²) in [4.78, 5) is 14.8. The molecule has 0 fully saturated rings. The van der Waals surface area contributed by atoms with E-state index in [9.17, 15) is 13.2 Å². The number of carbonyl (C=O) groups excluding carboxylic acids is 1. The van der Waals surface area contributed by atoms with Crippen LogP contribution in [0.3, 0.4) is 0 Å². The second-order valence-corrected chi connectivity index (χ2v) is 8.86. The van der Waals surface area contributed by atoms with E-state index >= 15 is 0 Å². The number of para-hydroxylation sites is 2. The molecule has 0 spiro atoms. The number of benzene rings is 2. The van der Waals surface area contributed by atoms with Crippen molar-refractivity contribution in [3.63, 3.8) is 0 Å². The Kier molecular flexibility index (Phi) is 4.80. The summed E-state index contributed by atoms with van der Waals surface area (Å²) in [6.45, 7) is 5.50. The molecule has 3 rings (SSSR count). The first-order valence-electron chi connectivity index (χ1n) is 8.64. The molecule has 1 atom stereocenters. The number of hydrogen-bond acceptors (Lipinski definition) is 3. The van der Waals surface area contributed by atoms with Crippen LogP contribution in [0.15, 0.2) is 42.5 Å². The van der Waals surface area contributed by atoms with E-state index in [4.69, 9.17) is 0 Å². The number of anilines is 2. The Morgan fingerprint density at radius 1 is 1.12 bits per heavy atom. The third-order valence-electron chi connectivity index (χ3n) is 4.84. The zero-order valence-electron chi connectivity index (χ0n) is 15.6. The average Bonchev–Trinajstić information content (AvgIpc) is 2.88. The molecule has 2 aromatic rings. The Morgan fingerprint density at radius 2 is 1.73 bits per heavy atom. The Bertz CT molecular complexity index is 933. The number of aryl methyl sites for hydroxylation is 2. The van der Waals surface area contributed by atoms with Gasteiger partial charge in [0, 0.05) is 11.7 Å². The zero-order chi connectivity index (χ0) is 19.1. The van der Waals surface area contributed by atoms with E-state index in [1.165, 1.54) is 4.31 Å². The Labute approximate surface area is 155 Å². The molecule has 0 aromatic heterocycles. The van der Waals surface area contributed by atoms with E-state index in [2.05, 4.69) is 0 Å². The van der Waals surface area contributed by atoms with Gasteiger partial charge in [0.1, 0.15) is 6.54 Å². The van der Waals surface area contributed by atoms with E-state index in [0.717, 1.165) is 35.1 Å². The first kappa shape index (κ1) is 18.5. The van der Waals surface area contributed by atoms with E-state index in [1.54, 1.807) is 4.90 Å². The Morgan fingerprint density at radius 3 is 2.35 bits per heavy atom. The molecule has 138 valence electrons. The third-order valence-corrected chi connectivity index (χ3v) is 5.96. The summed E-state index contributed by atoms with van der Waals surface area (Å²) < 4.78 is 26.2. The zero-order valence-corrected chi connectivity index (χ0v) is 16.4. The number of rotatable bonds is 4. The van der Waals surface area contributed by atoms with Gasteiger partial charge in [-0.05, 0) is 49.9 Å². The number of nitrogens with zero attached hydrogens (tertiary/aromatic N) is 2. The quantitative estimate of drug-likeness (QED) is 0.829. The molecule has 0 bridgehead atoms. The molecular weight excluding hydrogens is 348 g/mol. The summed E-state index contributed by atoms with van der Waals surface area (Å²) in [5.74, 6) is -0.212. The molecule has 0 aliphatic carbocycles. The van der Waals surface area contributed by atoms with Crippen LogP contribution in [0.25, 0.3) is 0 Å². The highest BCUT2D eigenvalue weighted by Gasteiger charge is 2.33. The monoisotopic (exact) mass is 372 g/mol. The van der Waals surface area contributed by atoms with Gasteiger partial charge in [-0.3, -0.25) is 9.10 Å². The minimum Gasteiger partial charge on any atom is -0.307 e. The highest BCUT2D eigenvalue weighted by Crippen LogP contribution is 2.33. The van der Waals surface area contributed by atoms with Gasteiger partial charge in [0.15, 0.2) is 0 Å². The lowest BCUT2D eigenvalue weighted by Gasteiger charge is -2.29. The third kappa shape index (κ3) is 3.33. The molecule has 0 saturated heterocycles. The lowest BCUT2D eigenvalue weighted by atomic mass is 10.1. The molecule has 1 heterocycles. The molecular formula is C20H24N2O3S.